The lowest BCUT2D eigenvalue weighted by atomic mass is 9.87. The van der Waals surface area contributed by atoms with Gasteiger partial charge >= 0.3 is 0 Å². The van der Waals surface area contributed by atoms with Crippen LogP contribution in [-0.4, -0.2) is 39.4 Å². The standard InChI is InChI=1S/C16H22N2O5/c1-10-13-9-22-16(19,14(13)17(23-10)15(2,3)4)11-5-7-12(8-6-11)18(20)21/h5-8,10,13-14,19H,9H2,1-4H3/t10-,13-,14+,16-/m0/s1. The zero-order valence-corrected chi connectivity index (χ0v) is 13.7. The number of hydroxylamine groups is 2. The summed E-state index contributed by atoms with van der Waals surface area (Å²) in [4.78, 5) is 16.3. The minimum atomic E-state index is -1.54. The molecule has 2 heterocycles. The fourth-order valence-corrected chi connectivity index (χ4v) is 3.39. The first-order valence-electron chi connectivity index (χ1n) is 7.72. The predicted molar refractivity (Wildman–Crippen MR) is 82.4 cm³/mol. The number of nitro benzene ring substituents is 1. The molecular weight excluding hydrogens is 300 g/mol. The average Bonchev–Trinajstić information content (AvgIpc) is 2.99. The van der Waals surface area contributed by atoms with E-state index in [1.807, 2.05) is 27.7 Å². The number of nitrogens with zero attached hydrogens (tertiary/aromatic N) is 2. The van der Waals surface area contributed by atoms with Crippen LogP contribution in [0.2, 0.25) is 0 Å². The fourth-order valence-electron chi connectivity index (χ4n) is 3.39. The van der Waals surface area contributed by atoms with Gasteiger partial charge in [-0.3, -0.25) is 15.0 Å². The Morgan fingerprint density at radius 2 is 1.96 bits per heavy atom. The van der Waals surface area contributed by atoms with Crippen LogP contribution in [0, 0.1) is 16.0 Å². The summed E-state index contributed by atoms with van der Waals surface area (Å²) in [5.41, 5.74) is 0.175. The molecule has 2 aliphatic rings. The number of nitro groups is 1. The molecule has 0 spiro atoms. The van der Waals surface area contributed by atoms with Crippen molar-refractivity contribution in [1.29, 1.82) is 0 Å². The molecule has 2 fully saturated rings. The molecule has 0 radical (unpaired) electrons. The Labute approximate surface area is 134 Å². The van der Waals surface area contributed by atoms with Crippen LogP contribution in [0.1, 0.15) is 33.3 Å². The molecule has 0 unspecified atom stereocenters. The summed E-state index contributed by atoms with van der Waals surface area (Å²) >= 11 is 0. The van der Waals surface area contributed by atoms with Gasteiger partial charge in [-0.15, -0.1) is 0 Å². The molecule has 23 heavy (non-hydrogen) atoms. The van der Waals surface area contributed by atoms with Crippen molar-refractivity contribution in [1.82, 2.24) is 5.06 Å². The molecule has 4 atom stereocenters. The second-order valence-corrected chi connectivity index (χ2v) is 7.23. The van der Waals surface area contributed by atoms with E-state index in [2.05, 4.69) is 0 Å². The van der Waals surface area contributed by atoms with Crippen molar-refractivity contribution in [3.05, 3.63) is 39.9 Å². The highest BCUT2D eigenvalue weighted by Gasteiger charge is 2.61. The van der Waals surface area contributed by atoms with Crippen molar-refractivity contribution < 1.29 is 19.6 Å². The lowest BCUT2D eigenvalue weighted by molar-refractivity contribution is -0.384. The summed E-state index contributed by atoms with van der Waals surface area (Å²) in [7, 11) is 0. The normalized spacial score (nSPS) is 34.6. The van der Waals surface area contributed by atoms with Crippen LogP contribution in [0.15, 0.2) is 24.3 Å². The van der Waals surface area contributed by atoms with Gasteiger partial charge in [0.2, 0.25) is 5.79 Å². The summed E-state index contributed by atoms with van der Waals surface area (Å²) in [5, 5.41) is 23.8. The van der Waals surface area contributed by atoms with Gasteiger partial charge < -0.3 is 9.84 Å². The first-order chi connectivity index (χ1) is 10.6. The molecule has 1 aromatic carbocycles. The van der Waals surface area contributed by atoms with Gasteiger partial charge in [0, 0.05) is 29.2 Å². The van der Waals surface area contributed by atoms with Crippen molar-refractivity contribution >= 4 is 5.69 Å². The molecule has 0 saturated carbocycles. The van der Waals surface area contributed by atoms with Gasteiger partial charge in [-0.2, -0.15) is 5.06 Å². The number of aliphatic hydroxyl groups is 1. The molecule has 7 nitrogen and oxygen atoms in total. The first kappa shape index (κ1) is 16.3. The van der Waals surface area contributed by atoms with Crippen LogP contribution in [0.25, 0.3) is 0 Å². The zero-order chi connectivity index (χ0) is 17.0. The SMILES string of the molecule is C[C@@H]1ON(C(C)(C)C)[C@@H]2[C@H]1CO[C@@]2(O)c1ccc([N+](=O)[O-])cc1. The second-order valence-electron chi connectivity index (χ2n) is 7.23. The molecule has 126 valence electrons. The molecule has 3 rings (SSSR count). The van der Waals surface area contributed by atoms with Crippen LogP contribution in [0.5, 0.6) is 0 Å². The van der Waals surface area contributed by atoms with Gasteiger partial charge in [0.05, 0.1) is 17.6 Å². The van der Waals surface area contributed by atoms with E-state index in [0.717, 1.165) is 0 Å². The minimum Gasteiger partial charge on any atom is -0.360 e. The smallest absolute Gasteiger partial charge is 0.269 e. The quantitative estimate of drug-likeness (QED) is 0.663. The fraction of sp³-hybridized carbons (Fsp3) is 0.625. The average molecular weight is 322 g/mol. The Balaban J connectivity index is 1.99. The number of hydrogen-bond donors (Lipinski definition) is 1. The topological polar surface area (TPSA) is 85.1 Å². The molecule has 0 aromatic heterocycles. The zero-order valence-electron chi connectivity index (χ0n) is 13.7. The van der Waals surface area contributed by atoms with E-state index in [4.69, 9.17) is 9.57 Å². The maximum absolute atomic E-state index is 11.2. The van der Waals surface area contributed by atoms with Gasteiger partial charge in [0.25, 0.3) is 5.69 Å². The maximum atomic E-state index is 11.2. The second kappa shape index (κ2) is 5.24. The Morgan fingerprint density at radius 3 is 2.48 bits per heavy atom. The molecule has 2 saturated heterocycles. The predicted octanol–water partition coefficient (Wildman–Crippen LogP) is 2.19. The van der Waals surface area contributed by atoms with Crippen LogP contribution in [-0.2, 0) is 15.4 Å². The monoisotopic (exact) mass is 322 g/mol. The number of hydrogen-bond acceptors (Lipinski definition) is 6. The molecular formula is C16H22N2O5. The highest BCUT2D eigenvalue weighted by atomic mass is 16.7. The highest BCUT2D eigenvalue weighted by molar-refractivity contribution is 5.36. The molecule has 2 aliphatic heterocycles. The van der Waals surface area contributed by atoms with E-state index in [-0.39, 0.29) is 29.3 Å². The first-order valence-corrected chi connectivity index (χ1v) is 7.72. The lowest BCUT2D eigenvalue weighted by Gasteiger charge is -2.40. The van der Waals surface area contributed by atoms with Crippen molar-refractivity contribution in [2.75, 3.05) is 6.61 Å². The molecule has 0 amide bonds. The van der Waals surface area contributed by atoms with Crippen molar-refractivity contribution in [2.45, 2.75) is 51.2 Å². The summed E-state index contributed by atoms with van der Waals surface area (Å²) in [5.74, 6) is -1.51. The third-order valence-corrected chi connectivity index (χ3v) is 4.59. The van der Waals surface area contributed by atoms with Crippen LogP contribution in [0.4, 0.5) is 5.69 Å². The van der Waals surface area contributed by atoms with E-state index in [1.165, 1.54) is 12.1 Å². The molecule has 0 aliphatic carbocycles. The van der Waals surface area contributed by atoms with Gasteiger partial charge in [0.15, 0.2) is 0 Å². The Hall–Kier alpha value is -1.54. The van der Waals surface area contributed by atoms with E-state index in [0.29, 0.717) is 12.2 Å². The van der Waals surface area contributed by atoms with Crippen LogP contribution >= 0.6 is 0 Å². The van der Waals surface area contributed by atoms with E-state index >= 15 is 0 Å². The van der Waals surface area contributed by atoms with Crippen LogP contribution in [0.3, 0.4) is 0 Å². The Bertz CT molecular complexity index is 612. The van der Waals surface area contributed by atoms with E-state index in [9.17, 15) is 15.2 Å². The number of ether oxygens (including phenoxy) is 1. The maximum Gasteiger partial charge on any atom is 0.269 e. The van der Waals surface area contributed by atoms with E-state index < -0.39 is 10.7 Å². The number of non-ortho nitro benzene ring substituents is 1. The van der Waals surface area contributed by atoms with E-state index in [1.54, 1.807) is 17.2 Å². The summed E-state index contributed by atoms with van der Waals surface area (Å²) in [6, 6.07) is 5.49. The summed E-state index contributed by atoms with van der Waals surface area (Å²) in [6.07, 6.45) is -0.0636. The van der Waals surface area contributed by atoms with Gasteiger partial charge in [-0.25, -0.2) is 0 Å². The number of benzene rings is 1. The van der Waals surface area contributed by atoms with Gasteiger partial charge in [0.1, 0.15) is 6.04 Å². The number of rotatable bonds is 2. The summed E-state index contributed by atoms with van der Waals surface area (Å²) < 4.78 is 5.75. The summed E-state index contributed by atoms with van der Waals surface area (Å²) in [6.45, 7) is 8.38. The van der Waals surface area contributed by atoms with Crippen molar-refractivity contribution in [3.8, 4) is 0 Å². The third kappa shape index (κ3) is 2.53. The van der Waals surface area contributed by atoms with Gasteiger partial charge in [-0.1, -0.05) is 0 Å². The Morgan fingerprint density at radius 1 is 1.35 bits per heavy atom. The van der Waals surface area contributed by atoms with Gasteiger partial charge in [-0.05, 0) is 39.8 Å². The third-order valence-electron chi connectivity index (χ3n) is 4.59. The lowest BCUT2D eigenvalue weighted by Crippen LogP contribution is -2.53. The molecule has 1 N–H and O–H groups in total. The highest BCUT2D eigenvalue weighted by Crippen LogP contribution is 2.48. The molecule has 0 bridgehead atoms. The Kier molecular flexibility index (Phi) is 3.72. The molecule has 1 aromatic rings. The minimum absolute atomic E-state index is 0.0179. The molecule has 7 heteroatoms. The van der Waals surface area contributed by atoms with Crippen molar-refractivity contribution in [3.63, 3.8) is 0 Å². The largest absolute Gasteiger partial charge is 0.360 e. The number of fused-ring (bicyclic) bond motifs is 1. The van der Waals surface area contributed by atoms with Crippen molar-refractivity contribution in [2.24, 2.45) is 5.92 Å². The van der Waals surface area contributed by atoms with Crippen LogP contribution < -0.4 is 0 Å².